The van der Waals surface area contributed by atoms with E-state index in [-0.39, 0.29) is 17.8 Å². The molecule has 1 N–H and O–H groups in total. The van der Waals surface area contributed by atoms with Crippen LogP contribution in [0.25, 0.3) is 11.3 Å². The molecule has 4 heterocycles. The van der Waals surface area contributed by atoms with Crippen LogP contribution in [0, 0.1) is 18.7 Å². The largest absolute Gasteiger partial charge is 0.451 e. The molecule has 132 valence electrons. The van der Waals surface area contributed by atoms with Crippen molar-refractivity contribution in [3.63, 3.8) is 0 Å². The van der Waals surface area contributed by atoms with Crippen LogP contribution < -0.4 is 5.32 Å². The van der Waals surface area contributed by atoms with Crippen molar-refractivity contribution in [2.75, 3.05) is 13.1 Å². The molecule has 2 atom stereocenters. The molecule has 3 aliphatic heterocycles. The maximum Gasteiger partial charge on any atom is 0.287 e. The van der Waals surface area contributed by atoms with Gasteiger partial charge in [0.2, 0.25) is 0 Å². The zero-order valence-corrected chi connectivity index (χ0v) is 14.6. The third kappa shape index (κ3) is 2.97. The fraction of sp³-hybridized carbons (Fsp3) is 0.450. The molecule has 0 radical (unpaired) electrons. The van der Waals surface area contributed by atoms with Crippen LogP contribution in [0.1, 0.15) is 35.9 Å². The zero-order chi connectivity index (χ0) is 17.6. The van der Waals surface area contributed by atoms with Crippen LogP contribution in [-0.2, 0) is 0 Å². The van der Waals surface area contributed by atoms with E-state index < -0.39 is 0 Å². The van der Waals surface area contributed by atoms with E-state index in [9.17, 15) is 9.18 Å². The Bertz CT molecular complexity index is 791. The number of nitrogens with zero attached hydrogens (tertiary/aromatic N) is 1. The van der Waals surface area contributed by atoms with Crippen LogP contribution in [0.2, 0.25) is 0 Å². The number of benzene rings is 1. The molecule has 1 amide bonds. The van der Waals surface area contributed by atoms with E-state index in [0.717, 1.165) is 31.5 Å². The summed E-state index contributed by atoms with van der Waals surface area (Å²) in [6.07, 6.45) is 2.29. The molecule has 4 nitrogen and oxygen atoms in total. The van der Waals surface area contributed by atoms with Crippen LogP contribution >= 0.6 is 0 Å². The Kier molecular flexibility index (Phi) is 4.12. The van der Waals surface area contributed by atoms with Crippen LogP contribution in [0.4, 0.5) is 4.39 Å². The van der Waals surface area contributed by atoms with Crippen molar-refractivity contribution in [2.24, 2.45) is 5.92 Å². The van der Waals surface area contributed by atoms with Gasteiger partial charge in [0.05, 0.1) is 0 Å². The Hall–Kier alpha value is -2.14. The predicted octanol–water partition coefficient (Wildman–Crippen LogP) is 3.61. The number of furan rings is 1. The molecule has 2 bridgehead atoms. The van der Waals surface area contributed by atoms with Crippen LogP contribution in [0.3, 0.4) is 0 Å². The van der Waals surface area contributed by atoms with Gasteiger partial charge in [-0.2, -0.15) is 0 Å². The fourth-order valence-corrected chi connectivity index (χ4v) is 4.18. The topological polar surface area (TPSA) is 45.5 Å². The van der Waals surface area contributed by atoms with E-state index in [4.69, 9.17) is 4.42 Å². The lowest BCUT2D eigenvalue weighted by Gasteiger charge is -2.49. The van der Waals surface area contributed by atoms with Gasteiger partial charge in [-0.1, -0.05) is 0 Å². The molecule has 2 aromatic rings. The number of nitrogens with one attached hydrogen (secondary N) is 1. The number of halogens is 1. The van der Waals surface area contributed by atoms with Gasteiger partial charge >= 0.3 is 0 Å². The predicted molar refractivity (Wildman–Crippen MR) is 93.9 cm³/mol. The Morgan fingerprint density at radius 2 is 2.00 bits per heavy atom. The van der Waals surface area contributed by atoms with Gasteiger partial charge in [0.25, 0.3) is 5.91 Å². The van der Waals surface area contributed by atoms with Gasteiger partial charge < -0.3 is 9.73 Å². The molecule has 0 spiro atoms. The van der Waals surface area contributed by atoms with Crippen molar-refractivity contribution in [2.45, 2.75) is 38.8 Å². The second-order valence-corrected chi connectivity index (χ2v) is 7.24. The number of amides is 1. The number of carbonyl (C=O) groups is 1. The SMILES string of the molecule is Cc1cc(-c2ccc(C(=O)NC3C4CCN(CC4)C3C)o2)ccc1F. The van der Waals surface area contributed by atoms with E-state index in [1.807, 2.05) is 0 Å². The van der Waals surface area contributed by atoms with Gasteiger partial charge in [-0.25, -0.2) is 4.39 Å². The molecule has 2 unspecified atom stereocenters. The quantitative estimate of drug-likeness (QED) is 0.927. The number of piperidine rings is 3. The summed E-state index contributed by atoms with van der Waals surface area (Å²) in [5, 5.41) is 3.17. The first-order chi connectivity index (χ1) is 12.0. The smallest absolute Gasteiger partial charge is 0.287 e. The molecule has 3 saturated heterocycles. The standard InChI is InChI=1S/C20H23FN2O2/c1-12-11-15(3-4-16(12)21)17-5-6-18(25-17)20(24)22-19-13(2)23-9-7-14(19)8-10-23/h3-6,11,13-14,19H,7-10H2,1-2H3,(H,22,24). The highest BCUT2D eigenvalue weighted by atomic mass is 19.1. The number of fused-ring (bicyclic) bond motifs is 3. The maximum atomic E-state index is 13.4. The van der Waals surface area contributed by atoms with Gasteiger partial charge in [-0.05, 0) is 81.6 Å². The monoisotopic (exact) mass is 342 g/mol. The van der Waals surface area contributed by atoms with E-state index in [2.05, 4.69) is 17.1 Å². The lowest BCUT2D eigenvalue weighted by atomic mass is 9.79. The maximum absolute atomic E-state index is 13.4. The van der Waals surface area contributed by atoms with Gasteiger partial charge in [-0.3, -0.25) is 9.69 Å². The summed E-state index contributed by atoms with van der Waals surface area (Å²) in [5.74, 6) is 1.02. The molecule has 5 heteroatoms. The molecule has 1 aromatic carbocycles. The third-order valence-corrected chi connectivity index (χ3v) is 5.75. The van der Waals surface area contributed by atoms with Crippen LogP contribution in [-0.4, -0.2) is 36.0 Å². The Balaban J connectivity index is 1.50. The second kappa shape index (κ2) is 6.30. The molecular formula is C20H23FN2O2. The number of hydrogen-bond donors (Lipinski definition) is 1. The van der Waals surface area contributed by atoms with Crippen molar-refractivity contribution in [1.82, 2.24) is 10.2 Å². The van der Waals surface area contributed by atoms with Gasteiger partial charge in [0, 0.05) is 17.6 Å². The van der Waals surface area contributed by atoms with Crippen molar-refractivity contribution in [3.05, 3.63) is 47.5 Å². The molecule has 0 saturated carbocycles. The minimum Gasteiger partial charge on any atom is -0.451 e. The summed E-state index contributed by atoms with van der Waals surface area (Å²) in [6, 6.07) is 8.81. The highest BCUT2D eigenvalue weighted by Gasteiger charge is 2.40. The first kappa shape index (κ1) is 16.3. The molecular weight excluding hydrogens is 319 g/mol. The van der Waals surface area contributed by atoms with E-state index >= 15 is 0 Å². The van der Waals surface area contributed by atoms with Crippen molar-refractivity contribution < 1.29 is 13.6 Å². The Morgan fingerprint density at radius 1 is 1.24 bits per heavy atom. The fourth-order valence-electron chi connectivity index (χ4n) is 4.18. The average molecular weight is 342 g/mol. The number of aryl methyl sites for hydroxylation is 1. The molecule has 3 fully saturated rings. The normalized spacial score (nSPS) is 28.1. The van der Waals surface area contributed by atoms with E-state index in [1.165, 1.54) is 6.07 Å². The summed E-state index contributed by atoms with van der Waals surface area (Å²) < 4.78 is 19.2. The van der Waals surface area contributed by atoms with Crippen LogP contribution in [0.5, 0.6) is 0 Å². The third-order valence-electron chi connectivity index (χ3n) is 5.75. The summed E-state index contributed by atoms with van der Waals surface area (Å²) in [7, 11) is 0. The summed E-state index contributed by atoms with van der Waals surface area (Å²) in [5.41, 5.74) is 1.33. The van der Waals surface area contributed by atoms with Crippen molar-refractivity contribution in [3.8, 4) is 11.3 Å². The second-order valence-electron chi connectivity index (χ2n) is 7.24. The number of carbonyl (C=O) groups excluding carboxylic acids is 1. The number of hydrogen-bond acceptors (Lipinski definition) is 3. The lowest BCUT2D eigenvalue weighted by Crippen LogP contribution is -2.62. The highest BCUT2D eigenvalue weighted by Crippen LogP contribution is 2.32. The molecule has 5 rings (SSSR count). The Morgan fingerprint density at radius 3 is 2.68 bits per heavy atom. The van der Waals surface area contributed by atoms with Crippen LogP contribution in [0.15, 0.2) is 34.7 Å². The minimum atomic E-state index is -0.246. The zero-order valence-electron chi connectivity index (χ0n) is 14.6. The van der Waals surface area contributed by atoms with E-state index in [1.54, 1.807) is 31.2 Å². The summed E-state index contributed by atoms with van der Waals surface area (Å²) in [6.45, 7) is 6.16. The minimum absolute atomic E-state index is 0.171. The molecule has 0 aliphatic carbocycles. The van der Waals surface area contributed by atoms with Gasteiger partial charge in [0.15, 0.2) is 5.76 Å². The number of rotatable bonds is 3. The van der Waals surface area contributed by atoms with Gasteiger partial charge in [-0.15, -0.1) is 0 Å². The first-order valence-electron chi connectivity index (χ1n) is 8.94. The molecule has 25 heavy (non-hydrogen) atoms. The van der Waals surface area contributed by atoms with Crippen molar-refractivity contribution >= 4 is 5.91 Å². The average Bonchev–Trinajstić information content (AvgIpc) is 3.11. The van der Waals surface area contributed by atoms with Gasteiger partial charge in [0.1, 0.15) is 11.6 Å². The van der Waals surface area contributed by atoms with E-state index in [0.29, 0.717) is 29.0 Å². The highest BCUT2D eigenvalue weighted by molar-refractivity contribution is 5.92. The summed E-state index contributed by atoms with van der Waals surface area (Å²) in [4.78, 5) is 15.1. The summed E-state index contributed by atoms with van der Waals surface area (Å²) >= 11 is 0. The first-order valence-corrected chi connectivity index (χ1v) is 8.94. The molecule has 3 aliphatic rings. The van der Waals surface area contributed by atoms with Crippen molar-refractivity contribution in [1.29, 1.82) is 0 Å². The Labute approximate surface area is 147 Å². The molecule has 1 aromatic heterocycles. The lowest BCUT2D eigenvalue weighted by molar-refractivity contribution is 0.0211.